The van der Waals surface area contributed by atoms with Crippen LogP contribution in [0.25, 0.3) is 33.5 Å². The summed E-state index contributed by atoms with van der Waals surface area (Å²) >= 11 is 0. The monoisotopic (exact) mass is 431 g/mol. The number of benzene rings is 2. The lowest BCUT2D eigenvalue weighted by Gasteiger charge is -2.34. The van der Waals surface area contributed by atoms with Crippen LogP contribution < -0.4 is 4.90 Å². The minimum Gasteiger partial charge on any atom is -0.478 e. The molecule has 8 heteroatoms. The van der Waals surface area contributed by atoms with Gasteiger partial charge in [-0.25, -0.2) is 14.2 Å². The summed E-state index contributed by atoms with van der Waals surface area (Å²) in [5.41, 5.74) is 4.19. The Morgan fingerprint density at radius 2 is 1.78 bits per heavy atom. The van der Waals surface area contributed by atoms with Gasteiger partial charge in [0, 0.05) is 43.0 Å². The number of carboxylic acids is 1. The second kappa shape index (κ2) is 8.05. The summed E-state index contributed by atoms with van der Waals surface area (Å²) in [5.74, 6) is -2.11. The normalized spacial score (nSPS) is 14.8. The van der Waals surface area contributed by atoms with Crippen LogP contribution in [0, 0.1) is 5.82 Å². The van der Waals surface area contributed by atoms with Crippen LogP contribution in [0.3, 0.4) is 0 Å². The molecule has 0 unspecified atom stereocenters. The molecule has 2 aromatic heterocycles. The number of nitrogens with zero attached hydrogens (tertiary/aromatic N) is 4. The van der Waals surface area contributed by atoms with Gasteiger partial charge in [0.05, 0.1) is 16.8 Å². The highest BCUT2D eigenvalue weighted by atomic mass is 19.1. The van der Waals surface area contributed by atoms with Gasteiger partial charge in [-0.1, -0.05) is 18.2 Å². The Balaban J connectivity index is 1.50. The molecule has 0 amide bonds. The SMILES string of the molecule is CN1CCN(c2ccc(-c3n[nH]c4ccc(-c5cccc(C(=O)O)c5F)nc34)cc2)CC1. The molecule has 3 heterocycles. The van der Waals surface area contributed by atoms with E-state index >= 15 is 0 Å². The second-order valence-electron chi connectivity index (χ2n) is 7.97. The number of halogens is 1. The maximum Gasteiger partial charge on any atom is 0.338 e. The van der Waals surface area contributed by atoms with Crippen LogP contribution >= 0.6 is 0 Å². The number of H-pyrrole nitrogens is 1. The highest BCUT2D eigenvalue weighted by Gasteiger charge is 2.18. The molecule has 5 rings (SSSR count). The van der Waals surface area contributed by atoms with Crippen LogP contribution in [0.15, 0.2) is 54.6 Å². The molecule has 2 N–H and O–H groups in total. The number of nitrogens with one attached hydrogen (secondary N) is 1. The number of pyridine rings is 1. The predicted molar refractivity (Wildman–Crippen MR) is 121 cm³/mol. The number of carboxylic acid groups (broad SMARTS) is 1. The van der Waals surface area contributed by atoms with Crippen molar-refractivity contribution in [1.29, 1.82) is 0 Å². The van der Waals surface area contributed by atoms with E-state index in [0.717, 1.165) is 37.3 Å². The first-order valence-corrected chi connectivity index (χ1v) is 10.4. The lowest BCUT2D eigenvalue weighted by Crippen LogP contribution is -2.44. The number of aromatic carboxylic acids is 1. The van der Waals surface area contributed by atoms with Crippen molar-refractivity contribution < 1.29 is 14.3 Å². The van der Waals surface area contributed by atoms with Gasteiger partial charge in [0.1, 0.15) is 17.0 Å². The summed E-state index contributed by atoms with van der Waals surface area (Å²) in [6.45, 7) is 4.07. The lowest BCUT2D eigenvalue weighted by molar-refractivity contribution is 0.0692. The van der Waals surface area contributed by atoms with Crippen LogP contribution in [0.4, 0.5) is 10.1 Å². The number of anilines is 1. The maximum absolute atomic E-state index is 14.8. The van der Waals surface area contributed by atoms with Gasteiger partial charge < -0.3 is 14.9 Å². The third-order valence-corrected chi connectivity index (χ3v) is 5.92. The number of rotatable bonds is 4. The van der Waals surface area contributed by atoms with E-state index < -0.39 is 11.8 Å². The Morgan fingerprint density at radius 3 is 2.50 bits per heavy atom. The van der Waals surface area contributed by atoms with E-state index in [1.54, 1.807) is 12.1 Å². The maximum atomic E-state index is 14.8. The fourth-order valence-electron chi connectivity index (χ4n) is 4.04. The molecule has 1 aliphatic rings. The standard InChI is InChI=1S/C24H22FN5O2/c1-29-11-13-30(14-12-29)16-7-5-15(6-8-16)22-23-20(27-28-22)10-9-19(26-23)17-3-2-4-18(21(17)25)24(31)32/h2-10H,11-14H2,1H3,(H,27,28)(H,31,32). The average molecular weight is 431 g/mol. The molecule has 0 saturated carbocycles. The fraction of sp³-hybridized carbons (Fsp3) is 0.208. The van der Waals surface area contributed by atoms with Crippen molar-refractivity contribution in [3.8, 4) is 22.5 Å². The number of hydrogen-bond acceptors (Lipinski definition) is 5. The molecule has 0 spiro atoms. The number of piperazine rings is 1. The predicted octanol–water partition coefficient (Wildman–Crippen LogP) is 3.88. The number of aromatic nitrogens is 3. The number of likely N-dealkylation sites (N-methyl/N-ethyl adjacent to an activating group) is 1. The number of carbonyl (C=O) groups is 1. The zero-order valence-electron chi connectivity index (χ0n) is 17.5. The molecule has 0 aliphatic carbocycles. The van der Waals surface area contributed by atoms with Gasteiger partial charge in [0.25, 0.3) is 0 Å². The second-order valence-corrected chi connectivity index (χ2v) is 7.97. The van der Waals surface area contributed by atoms with E-state index in [2.05, 4.69) is 44.2 Å². The molecule has 7 nitrogen and oxygen atoms in total. The molecule has 0 radical (unpaired) electrons. The molecule has 0 bridgehead atoms. The Kier molecular flexibility index (Phi) is 5.07. The summed E-state index contributed by atoms with van der Waals surface area (Å²) in [6.07, 6.45) is 0. The highest BCUT2D eigenvalue weighted by molar-refractivity contribution is 5.92. The zero-order valence-corrected chi connectivity index (χ0v) is 17.5. The van der Waals surface area contributed by atoms with Crippen molar-refractivity contribution in [3.63, 3.8) is 0 Å². The molecule has 0 atom stereocenters. The van der Waals surface area contributed by atoms with Crippen molar-refractivity contribution in [1.82, 2.24) is 20.1 Å². The van der Waals surface area contributed by atoms with Crippen LogP contribution in [-0.2, 0) is 0 Å². The molecule has 2 aromatic carbocycles. The summed E-state index contributed by atoms with van der Waals surface area (Å²) in [5, 5.41) is 16.6. The molecular formula is C24H22FN5O2. The van der Waals surface area contributed by atoms with Crippen molar-refractivity contribution in [2.75, 3.05) is 38.1 Å². The van der Waals surface area contributed by atoms with Gasteiger partial charge in [0.15, 0.2) is 0 Å². The van der Waals surface area contributed by atoms with Crippen LogP contribution in [0.5, 0.6) is 0 Å². The largest absolute Gasteiger partial charge is 0.478 e. The molecule has 1 aliphatic heterocycles. The third kappa shape index (κ3) is 3.58. The van der Waals surface area contributed by atoms with Crippen molar-refractivity contribution in [3.05, 3.63) is 66.0 Å². The topological polar surface area (TPSA) is 85.3 Å². The van der Waals surface area contributed by atoms with E-state index in [4.69, 9.17) is 0 Å². The molecule has 4 aromatic rings. The third-order valence-electron chi connectivity index (χ3n) is 5.92. The highest BCUT2D eigenvalue weighted by Crippen LogP contribution is 2.30. The lowest BCUT2D eigenvalue weighted by atomic mass is 10.1. The van der Waals surface area contributed by atoms with E-state index in [0.29, 0.717) is 16.9 Å². The van der Waals surface area contributed by atoms with Crippen molar-refractivity contribution in [2.24, 2.45) is 0 Å². The minimum absolute atomic E-state index is 0.143. The summed E-state index contributed by atoms with van der Waals surface area (Å²) in [6, 6.07) is 15.9. The van der Waals surface area contributed by atoms with Gasteiger partial charge in [0.2, 0.25) is 0 Å². The smallest absolute Gasteiger partial charge is 0.338 e. The van der Waals surface area contributed by atoms with Gasteiger partial charge in [-0.15, -0.1) is 0 Å². The summed E-state index contributed by atoms with van der Waals surface area (Å²) < 4.78 is 14.8. The van der Waals surface area contributed by atoms with Crippen LogP contribution in [0.1, 0.15) is 10.4 Å². The number of hydrogen-bond donors (Lipinski definition) is 2. The Bertz CT molecular complexity index is 1290. The first kappa shape index (κ1) is 20.1. The van der Waals surface area contributed by atoms with E-state index in [1.807, 2.05) is 12.1 Å². The Labute approximate surface area is 184 Å². The summed E-state index contributed by atoms with van der Waals surface area (Å²) in [7, 11) is 2.13. The molecule has 1 fully saturated rings. The Hall–Kier alpha value is -3.78. The van der Waals surface area contributed by atoms with Crippen molar-refractivity contribution >= 4 is 22.7 Å². The quantitative estimate of drug-likeness (QED) is 0.510. The minimum atomic E-state index is -1.31. The average Bonchev–Trinajstić information content (AvgIpc) is 3.23. The van der Waals surface area contributed by atoms with E-state index in [-0.39, 0.29) is 11.1 Å². The van der Waals surface area contributed by atoms with Crippen molar-refractivity contribution in [2.45, 2.75) is 0 Å². The number of fused-ring (bicyclic) bond motifs is 1. The zero-order chi connectivity index (χ0) is 22.2. The van der Waals surface area contributed by atoms with Gasteiger partial charge in [-0.2, -0.15) is 5.10 Å². The molecular weight excluding hydrogens is 409 g/mol. The fourth-order valence-corrected chi connectivity index (χ4v) is 4.04. The van der Waals surface area contributed by atoms with E-state index in [9.17, 15) is 14.3 Å². The van der Waals surface area contributed by atoms with Gasteiger partial charge >= 0.3 is 5.97 Å². The first-order chi connectivity index (χ1) is 15.5. The summed E-state index contributed by atoms with van der Waals surface area (Å²) in [4.78, 5) is 20.6. The first-order valence-electron chi connectivity index (χ1n) is 10.4. The van der Waals surface area contributed by atoms with E-state index in [1.165, 1.54) is 23.9 Å². The number of aromatic amines is 1. The Morgan fingerprint density at radius 1 is 1.03 bits per heavy atom. The molecule has 32 heavy (non-hydrogen) atoms. The van der Waals surface area contributed by atoms with Crippen LogP contribution in [0.2, 0.25) is 0 Å². The van der Waals surface area contributed by atoms with Gasteiger partial charge in [-0.3, -0.25) is 5.10 Å². The molecule has 162 valence electrons. The van der Waals surface area contributed by atoms with Crippen LogP contribution in [-0.4, -0.2) is 64.4 Å². The molecule has 1 saturated heterocycles. The van der Waals surface area contributed by atoms with Gasteiger partial charge in [-0.05, 0) is 43.4 Å².